The summed E-state index contributed by atoms with van der Waals surface area (Å²) >= 11 is 11.9. The molecular formula is C14H17Cl2NO2. The first-order valence-corrected chi connectivity index (χ1v) is 7.23. The van der Waals surface area contributed by atoms with E-state index in [2.05, 4.69) is 5.32 Å². The van der Waals surface area contributed by atoms with Crippen molar-refractivity contribution in [3.05, 3.63) is 28.2 Å². The van der Waals surface area contributed by atoms with Crippen LogP contribution in [0.15, 0.2) is 18.2 Å². The number of hydrogen-bond acceptors (Lipinski definition) is 2. The van der Waals surface area contributed by atoms with E-state index < -0.39 is 0 Å². The third-order valence-electron chi connectivity index (χ3n) is 3.32. The number of benzene rings is 1. The summed E-state index contributed by atoms with van der Waals surface area (Å²) in [7, 11) is 0. The smallest absolute Gasteiger partial charge is 0.224 e. The topological polar surface area (TPSA) is 38.3 Å². The third kappa shape index (κ3) is 4.68. The monoisotopic (exact) mass is 301 g/mol. The summed E-state index contributed by atoms with van der Waals surface area (Å²) in [5.41, 5.74) is 0.575. The number of halogens is 2. The van der Waals surface area contributed by atoms with Crippen molar-refractivity contribution in [2.45, 2.75) is 25.7 Å². The number of amides is 1. The number of carbonyl (C=O) groups excluding carboxylic acids is 1. The minimum atomic E-state index is -0.0179. The Morgan fingerprint density at radius 3 is 2.79 bits per heavy atom. The zero-order valence-electron chi connectivity index (χ0n) is 10.6. The maximum Gasteiger partial charge on any atom is 0.224 e. The molecule has 0 aromatic heterocycles. The first-order valence-electron chi connectivity index (χ1n) is 6.48. The average molecular weight is 302 g/mol. The molecule has 104 valence electrons. The number of ether oxygens (including phenoxy) is 1. The highest BCUT2D eigenvalue weighted by Crippen LogP contribution is 2.26. The van der Waals surface area contributed by atoms with E-state index in [1.807, 2.05) is 0 Å². The van der Waals surface area contributed by atoms with Crippen molar-refractivity contribution in [2.75, 3.05) is 18.5 Å². The van der Waals surface area contributed by atoms with Gasteiger partial charge in [-0.05, 0) is 43.4 Å². The summed E-state index contributed by atoms with van der Waals surface area (Å²) in [5.74, 6) is 0.574. The van der Waals surface area contributed by atoms with Crippen molar-refractivity contribution >= 4 is 34.8 Å². The number of hydrogen-bond donors (Lipinski definition) is 1. The lowest BCUT2D eigenvalue weighted by Gasteiger charge is -2.21. The first-order chi connectivity index (χ1) is 9.15. The molecule has 1 fully saturated rings. The lowest BCUT2D eigenvalue weighted by molar-refractivity contribution is -0.116. The summed E-state index contributed by atoms with van der Waals surface area (Å²) in [5, 5.41) is 3.87. The number of anilines is 1. The van der Waals surface area contributed by atoms with Crippen molar-refractivity contribution in [3.8, 4) is 0 Å². The van der Waals surface area contributed by atoms with Gasteiger partial charge in [0.25, 0.3) is 0 Å². The highest BCUT2D eigenvalue weighted by atomic mass is 35.5. The van der Waals surface area contributed by atoms with Crippen LogP contribution in [0.4, 0.5) is 5.69 Å². The molecule has 2 rings (SSSR count). The quantitative estimate of drug-likeness (QED) is 0.907. The number of rotatable bonds is 4. The molecule has 0 radical (unpaired) electrons. The Labute approximate surface area is 123 Å². The molecule has 1 N–H and O–H groups in total. The Morgan fingerprint density at radius 1 is 1.32 bits per heavy atom. The van der Waals surface area contributed by atoms with Crippen molar-refractivity contribution < 1.29 is 9.53 Å². The summed E-state index contributed by atoms with van der Waals surface area (Å²) < 4.78 is 5.30. The minimum Gasteiger partial charge on any atom is -0.381 e. The molecule has 5 heteroatoms. The van der Waals surface area contributed by atoms with Crippen LogP contribution in [0.25, 0.3) is 0 Å². The molecule has 1 saturated heterocycles. The summed E-state index contributed by atoms with van der Waals surface area (Å²) in [6, 6.07) is 5.04. The molecule has 3 nitrogen and oxygen atoms in total. The van der Waals surface area contributed by atoms with Crippen molar-refractivity contribution in [1.29, 1.82) is 0 Å². The molecule has 1 aromatic carbocycles. The number of carbonyl (C=O) groups is 1. The van der Waals surface area contributed by atoms with Gasteiger partial charge in [0.1, 0.15) is 0 Å². The molecule has 1 heterocycles. The second-order valence-electron chi connectivity index (χ2n) is 4.77. The SMILES string of the molecule is O=C(CCC1CCOCC1)Nc1cc(Cl)ccc1Cl. The van der Waals surface area contributed by atoms with Gasteiger partial charge in [-0.1, -0.05) is 23.2 Å². The largest absolute Gasteiger partial charge is 0.381 e. The molecule has 1 amide bonds. The van der Waals surface area contributed by atoms with E-state index in [0.717, 1.165) is 32.5 Å². The van der Waals surface area contributed by atoms with Crippen LogP contribution in [0.5, 0.6) is 0 Å². The predicted molar refractivity (Wildman–Crippen MR) is 77.9 cm³/mol. The van der Waals surface area contributed by atoms with Crippen LogP contribution in [-0.4, -0.2) is 19.1 Å². The van der Waals surface area contributed by atoms with Crippen LogP contribution in [0.2, 0.25) is 10.0 Å². The van der Waals surface area contributed by atoms with Gasteiger partial charge in [-0.25, -0.2) is 0 Å². The number of nitrogens with one attached hydrogen (secondary N) is 1. The molecule has 0 bridgehead atoms. The van der Waals surface area contributed by atoms with E-state index in [-0.39, 0.29) is 5.91 Å². The van der Waals surface area contributed by atoms with E-state index >= 15 is 0 Å². The molecule has 0 saturated carbocycles. The molecular weight excluding hydrogens is 285 g/mol. The molecule has 1 aromatic rings. The second kappa shape index (κ2) is 7.13. The van der Waals surface area contributed by atoms with Crippen molar-refractivity contribution in [1.82, 2.24) is 0 Å². The summed E-state index contributed by atoms with van der Waals surface area (Å²) in [6.07, 6.45) is 3.50. The summed E-state index contributed by atoms with van der Waals surface area (Å²) in [4.78, 5) is 11.9. The van der Waals surface area contributed by atoms with Crippen molar-refractivity contribution in [3.63, 3.8) is 0 Å². The highest BCUT2D eigenvalue weighted by Gasteiger charge is 2.15. The Morgan fingerprint density at radius 2 is 2.05 bits per heavy atom. The molecule has 0 unspecified atom stereocenters. The zero-order chi connectivity index (χ0) is 13.7. The van der Waals surface area contributed by atoms with E-state index in [0.29, 0.717) is 28.1 Å². The van der Waals surface area contributed by atoms with E-state index in [4.69, 9.17) is 27.9 Å². The molecule has 0 atom stereocenters. The Balaban J connectivity index is 1.81. The molecule has 0 aliphatic carbocycles. The maximum atomic E-state index is 11.9. The van der Waals surface area contributed by atoms with Crippen LogP contribution < -0.4 is 5.32 Å². The Kier molecular flexibility index (Phi) is 5.49. The van der Waals surface area contributed by atoms with E-state index in [1.54, 1.807) is 18.2 Å². The summed E-state index contributed by atoms with van der Waals surface area (Å²) in [6.45, 7) is 1.62. The highest BCUT2D eigenvalue weighted by molar-refractivity contribution is 6.35. The van der Waals surface area contributed by atoms with Gasteiger partial charge in [0.05, 0.1) is 10.7 Å². The Bertz CT molecular complexity index is 445. The van der Waals surface area contributed by atoms with Gasteiger partial charge in [0, 0.05) is 24.7 Å². The van der Waals surface area contributed by atoms with Gasteiger partial charge < -0.3 is 10.1 Å². The average Bonchev–Trinajstić information content (AvgIpc) is 2.42. The van der Waals surface area contributed by atoms with Crippen LogP contribution in [0, 0.1) is 5.92 Å². The predicted octanol–water partition coefficient (Wildman–Crippen LogP) is 4.14. The van der Waals surface area contributed by atoms with Gasteiger partial charge >= 0.3 is 0 Å². The van der Waals surface area contributed by atoms with Gasteiger partial charge in [-0.2, -0.15) is 0 Å². The van der Waals surface area contributed by atoms with Crippen LogP contribution in [-0.2, 0) is 9.53 Å². The molecule has 1 aliphatic heterocycles. The van der Waals surface area contributed by atoms with Gasteiger partial charge in [-0.3, -0.25) is 4.79 Å². The fraction of sp³-hybridized carbons (Fsp3) is 0.500. The minimum absolute atomic E-state index is 0.0179. The normalized spacial score (nSPS) is 16.3. The van der Waals surface area contributed by atoms with Crippen LogP contribution >= 0.6 is 23.2 Å². The van der Waals surface area contributed by atoms with E-state index in [1.165, 1.54) is 0 Å². The van der Waals surface area contributed by atoms with Crippen molar-refractivity contribution in [2.24, 2.45) is 5.92 Å². The molecule has 1 aliphatic rings. The van der Waals surface area contributed by atoms with Gasteiger partial charge in [0.2, 0.25) is 5.91 Å². The van der Waals surface area contributed by atoms with Crippen LogP contribution in [0.3, 0.4) is 0 Å². The van der Waals surface area contributed by atoms with E-state index in [9.17, 15) is 4.79 Å². The molecule has 19 heavy (non-hydrogen) atoms. The Hall–Kier alpha value is -0.770. The lowest BCUT2D eigenvalue weighted by Crippen LogP contribution is -2.18. The third-order valence-corrected chi connectivity index (χ3v) is 3.89. The second-order valence-corrected chi connectivity index (χ2v) is 5.61. The first kappa shape index (κ1) is 14.6. The standard InChI is InChI=1S/C14H17Cl2NO2/c15-11-2-3-12(16)13(9-11)17-14(18)4-1-10-5-7-19-8-6-10/h2-3,9-10H,1,4-8H2,(H,17,18). The van der Waals surface area contributed by atoms with Crippen LogP contribution in [0.1, 0.15) is 25.7 Å². The zero-order valence-corrected chi connectivity index (χ0v) is 12.1. The van der Waals surface area contributed by atoms with Gasteiger partial charge in [-0.15, -0.1) is 0 Å². The molecule has 0 spiro atoms. The fourth-order valence-electron chi connectivity index (χ4n) is 2.18. The maximum absolute atomic E-state index is 11.9. The fourth-order valence-corrected chi connectivity index (χ4v) is 2.51. The lowest BCUT2D eigenvalue weighted by atomic mass is 9.95. The van der Waals surface area contributed by atoms with Gasteiger partial charge in [0.15, 0.2) is 0 Å².